The molecule has 1 aliphatic rings. The summed E-state index contributed by atoms with van der Waals surface area (Å²) in [5, 5.41) is 6.70. The van der Waals surface area contributed by atoms with Gasteiger partial charge in [0.1, 0.15) is 0 Å². The predicted molar refractivity (Wildman–Crippen MR) is 90.1 cm³/mol. The molecular weight excluding hydrogens is 310 g/mol. The Morgan fingerprint density at radius 1 is 1.30 bits per heavy atom. The van der Waals surface area contributed by atoms with Crippen molar-refractivity contribution in [3.8, 4) is 0 Å². The van der Waals surface area contributed by atoms with Crippen molar-refractivity contribution in [3.05, 3.63) is 46.6 Å². The van der Waals surface area contributed by atoms with Gasteiger partial charge in [-0.15, -0.1) is 11.8 Å². The molecule has 0 radical (unpaired) electrons. The highest BCUT2D eigenvalue weighted by molar-refractivity contribution is 7.99. The van der Waals surface area contributed by atoms with Crippen molar-refractivity contribution in [1.29, 1.82) is 0 Å². The number of hydrogen-bond acceptors (Lipinski definition) is 5. The average molecular weight is 331 g/mol. The molecular formula is C17H21N3O2S. The van der Waals surface area contributed by atoms with Crippen molar-refractivity contribution < 1.29 is 9.32 Å². The lowest BCUT2D eigenvalue weighted by Gasteiger charge is -2.16. The second-order valence-electron chi connectivity index (χ2n) is 5.82. The molecule has 0 saturated carbocycles. The zero-order valence-corrected chi connectivity index (χ0v) is 14.1. The highest BCUT2D eigenvalue weighted by Crippen LogP contribution is 2.22. The van der Waals surface area contributed by atoms with Crippen molar-refractivity contribution in [3.63, 3.8) is 0 Å². The molecule has 6 heteroatoms. The Morgan fingerprint density at radius 3 is 2.91 bits per heavy atom. The number of rotatable bonds is 6. The summed E-state index contributed by atoms with van der Waals surface area (Å²) in [6.07, 6.45) is 4.92. The van der Waals surface area contributed by atoms with Crippen LogP contribution in [0.15, 0.2) is 22.7 Å². The molecule has 0 aliphatic heterocycles. The zero-order chi connectivity index (χ0) is 16.1. The second-order valence-corrected chi connectivity index (χ2v) is 6.80. The molecule has 1 N–H and O–H groups in total. The molecule has 122 valence electrons. The van der Waals surface area contributed by atoms with Crippen LogP contribution >= 0.6 is 11.8 Å². The maximum absolute atomic E-state index is 11.9. The van der Waals surface area contributed by atoms with Crippen LogP contribution in [-0.4, -0.2) is 21.8 Å². The van der Waals surface area contributed by atoms with E-state index in [1.807, 2.05) is 0 Å². The van der Waals surface area contributed by atoms with Crippen LogP contribution in [0.1, 0.15) is 41.2 Å². The molecule has 0 fully saturated rings. The van der Waals surface area contributed by atoms with Crippen molar-refractivity contribution in [2.24, 2.45) is 0 Å². The van der Waals surface area contributed by atoms with E-state index in [1.165, 1.54) is 47.7 Å². The number of carbonyl (C=O) groups excluding carboxylic acids is 1. The van der Waals surface area contributed by atoms with E-state index in [9.17, 15) is 4.79 Å². The molecule has 5 nitrogen and oxygen atoms in total. The fraction of sp³-hybridized carbons (Fsp3) is 0.471. The predicted octanol–water partition coefficient (Wildman–Crippen LogP) is 2.81. The lowest BCUT2D eigenvalue weighted by atomic mass is 9.90. The summed E-state index contributed by atoms with van der Waals surface area (Å²) < 4.78 is 5.01. The van der Waals surface area contributed by atoms with Gasteiger partial charge in [-0.2, -0.15) is 4.98 Å². The standard InChI is InChI=1S/C17H21N3O2S/c1-12-19-17(22-20-12)11-23-10-16(21)18-9-13-6-7-14-4-2-3-5-15(14)8-13/h6-8H,2-5,9-11H2,1H3,(H,18,21). The van der Waals surface area contributed by atoms with Crippen LogP contribution in [-0.2, 0) is 29.9 Å². The van der Waals surface area contributed by atoms with Gasteiger partial charge in [0.15, 0.2) is 5.82 Å². The smallest absolute Gasteiger partial charge is 0.236 e. The molecule has 0 atom stereocenters. The number of nitrogens with one attached hydrogen (secondary N) is 1. The minimum absolute atomic E-state index is 0.0314. The van der Waals surface area contributed by atoms with E-state index < -0.39 is 0 Å². The molecule has 2 aromatic rings. The summed E-state index contributed by atoms with van der Waals surface area (Å²) in [6, 6.07) is 6.57. The number of hydrogen-bond donors (Lipinski definition) is 1. The zero-order valence-electron chi connectivity index (χ0n) is 13.3. The number of fused-ring (bicyclic) bond motifs is 1. The second kappa shape index (κ2) is 7.64. The average Bonchev–Trinajstić information content (AvgIpc) is 2.98. The molecule has 0 saturated heterocycles. The third-order valence-electron chi connectivity index (χ3n) is 3.93. The van der Waals surface area contributed by atoms with Gasteiger partial charge in [-0.1, -0.05) is 23.4 Å². The van der Waals surface area contributed by atoms with E-state index >= 15 is 0 Å². The summed E-state index contributed by atoms with van der Waals surface area (Å²) >= 11 is 1.48. The highest BCUT2D eigenvalue weighted by atomic mass is 32.2. The summed E-state index contributed by atoms with van der Waals surface area (Å²) in [7, 11) is 0. The third kappa shape index (κ3) is 4.58. The van der Waals surface area contributed by atoms with Gasteiger partial charge in [0.2, 0.25) is 11.8 Å². The normalized spacial score (nSPS) is 13.6. The summed E-state index contributed by atoms with van der Waals surface area (Å²) in [4.78, 5) is 16.0. The first-order valence-corrected chi connectivity index (χ1v) is 9.10. The Bertz CT molecular complexity index is 684. The van der Waals surface area contributed by atoms with Crippen LogP contribution in [0.25, 0.3) is 0 Å². The maximum atomic E-state index is 11.9. The van der Waals surface area contributed by atoms with Crippen LogP contribution in [0.3, 0.4) is 0 Å². The molecule has 1 aromatic heterocycles. The fourth-order valence-corrected chi connectivity index (χ4v) is 3.46. The molecule has 0 bridgehead atoms. The Morgan fingerprint density at radius 2 is 2.13 bits per heavy atom. The van der Waals surface area contributed by atoms with Crippen molar-refractivity contribution >= 4 is 17.7 Å². The summed E-state index contributed by atoms with van der Waals surface area (Å²) in [5.74, 6) is 2.18. The molecule has 0 spiro atoms. The molecule has 1 heterocycles. The minimum atomic E-state index is 0.0314. The van der Waals surface area contributed by atoms with Crippen molar-refractivity contribution in [2.45, 2.75) is 44.9 Å². The molecule has 0 unspecified atom stereocenters. The lowest BCUT2D eigenvalue weighted by Crippen LogP contribution is -2.24. The highest BCUT2D eigenvalue weighted by Gasteiger charge is 2.10. The first-order valence-electron chi connectivity index (χ1n) is 7.95. The van der Waals surface area contributed by atoms with Gasteiger partial charge in [0.05, 0.1) is 11.5 Å². The third-order valence-corrected chi connectivity index (χ3v) is 4.85. The Kier molecular flexibility index (Phi) is 5.33. The quantitative estimate of drug-likeness (QED) is 0.881. The van der Waals surface area contributed by atoms with E-state index in [0.29, 0.717) is 29.8 Å². The number of nitrogens with zero attached hydrogens (tertiary/aromatic N) is 2. The number of carbonyl (C=O) groups is 1. The Labute approximate surface area is 140 Å². The van der Waals surface area contributed by atoms with Gasteiger partial charge in [-0.3, -0.25) is 4.79 Å². The topological polar surface area (TPSA) is 68.0 Å². The van der Waals surface area contributed by atoms with Gasteiger partial charge in [-0.05, 0) is 49.3 Å². The molecule has 1 aliphatic carbocycles. The summed E-state index contributed by atoms with van der Waals surface area (Å²) in [6.45, 7) is 2.37. The van der Waals surface area contributed by atoms with Crippen molar-refractivity contribution in [2.75, 3.05) is 5.75 Å². The number of aryl methyl sites for hydroxylation is 3. The largest absolute Gasteiger partial charge is 0.351 e. The molecule has 1 aromatic carbocycles. The van der Waals surface area contributed by atoms with Gasteiger partial charge < -0.3 is 9.84 Å². The minimum Gasteiger partial charge on any atom is -0.351 e. The number of aromatic nitrogens is 2. The molecule has 1 amide bonds. The van der Waals surface area contributed by atoms with Crippen LogP contribution in [0.5, 0.6) is 0 Å². The summed E-state index contributed by atoms with van der Waals surface area (Å²) in [5.41, 5.74) is 4.09. The van der Waals surface area contributed by atoms with E-state index in [4.69, 9.17) is 4.52 Å². The molecule has 3 rings (SSSR count). The van der Waals surface area contributed by atoms with Gasteiger partial charge in [0, 0.05) is 6.54 Å². The van der Waals surface area contributed by atoms with Crippen LogP contribution in [0, 0.1) is 6.92 Å². The SMILES string of the molecule is Cc1noc(CSCC(=O)NCc2ccc3c(c2)CCCC3)n1. The lowest BCUT2D eigenvalue weighted by molar-refractivity contribution is -0.118. The number of thioether (sulfide) groups is 1. The van der Waals surface area contributed by atoms with Crippen molar-refractivity contribution in [1.82, 2.24) is 15.5 Å². The Balaban J connectivity index is 1.42. The van der Waals surface area contributed by atoms with E-state index in [-0.39, 0.29) is 5.91 Å². The van der Waals surface area contributed by atoms with Crippen LogP contribution in [0.4, 0.5) is 0 Å². The Hall–Kier alpha value is -1.82. The van der Waals surface area contributed by atoms with E-state index in [2.05, 4.69) is 33.7 Å². The monoisotopic (exact) mass is 331 g/mol. The van der Waals surface area contributed by atoms with Gasteiger partial charge in [-0.25, -0.2) is 0 Å². The fourth-order valence-electron chi connectivity index (χ4n) is 2.78. The first kappa shape index (κ1) is 16.1. The first-order chi connectivity index (χ1) is 11.2. The van der Waals surface area contributed by atoms with Gasteiger partial charge in [0.25, 0.3) is 0 Å². The number of benzene rings is 1. The molecule has 23 heavy (non-hydrogen) atoms. The van der Waals surface area contributed by atoms with E-state index in [0.717, 1.165) is 6.42 Å². The maximum Gasteiger partial charge on any atom is 0.236 e. The van der Waals surface area contributed by atoms with Crippen LogP contribution < -0.4 is 5.32 Å². The van der Waals surface area contributed by atoms with E-state index in [1.54, 1.807) is 6.92 Å². The van der Waals surface area contributed by atoms with Gasteiger partial charge >= 0.3 is 0 Å². The number of amides is 1. The van der Waals surface area contributed by atoms with Crippen LogP contribution in [0.2, 0.25) is 0 Å².